The van der Waals surface area contributed by atoms with Gasteiger partial charge in [-0.15, -0.1) is 0 Å². The predicted octanol–water partition coefficient (Wildman–Crippen LogP) is 8.11. The monoisotopic (exact) mass is 676 g/mol. The smallest absolute Gasteiger partial charge is 0.374 e. The third kappa shape index (κ3) is 7.37. The molecule has 1 aliphatic rings. The Kier molecular flexibility index (Phi) is 10.8. The van der Waals surface area contributed by atoms with Crippen molar-refractivity contribution in [2.75, 3.05) is 26.2 Å². The molecule has 5 rings (SSSR count). The fourth-order valence-electron chi connectivity index (χ4n) is 6.58. The molecule has 0 N–H and O–H groups in total. The summed E-state index contributed by atoms with van der Waals surface area (Å²) in [7, 11) is 0. The molecule has 0 aliphatic carbocycles. The minimum atomic E-state index is -4.41. The van der Waals surface area contributed by atoms with Gasteiger partial charge in [0.25, 0.3) is 11.6 Å². The number of unbranched alkanes of at least 4 members (excludes halogenated alkanes) is 2. The van der Waals surface area contributed by atoms with Crippen LogP contribution in [0.4, 0.5) is 26.3 Å². The third-order valence-corrected chi connectivity index (χ3v) is 9.20. The first kappa shape index (κ1) is 35.3. The molecule has 0 unspecified atom stereocenters. The lowest BCUT2D eigenvalue weighted by molar-refractivity contribution is -0.674. The molecule has 0 radical (unpaired) electrons. The second-order valence-electron chi connectivity index (χ2n) is 12.3. The van der Waals surface area contributed by atoms with Crippen molar-refractivity contribution < 1.29 is 35.5 Å². The van der Waals surface area contributed by atoms with Gasteiger partial charge in [-0.25, -0.2) is 18.3 Å². The van der Waals surface area contributed by atoms with Crippen LogP contribution in [-0.2, 0) is 38.5 Å². The number of hydrogen-bond donors (Lipinski definition) is 0. The first-order chi connectivity index (χ1) is 22.9. The summed E-state index contributed by atoms with van der Waals surface area (Å²) < 4.78 is 89.7. The van der Waals surface area contributed by atoms with Gasteiger partial charge in [-0.3, -0.25) is 0 Å². The number of aryl methyl sites for hydroxylation is 4. The molecule has 2 aromatic carbocycles. The Hall–Kier alpha value is -3.96. The number of halogens is 6. The third-order valence-electron chi connectivity index (χ3n) is 9.20. The summed E-state index contributed by atoms with van der Waals surface area (Å²) in [6.07, 6.45) is 2.87. The number of imidazole rings is 2. The summed E-state index contributed by atoms with van der Waals surface area (Å²) in [5.41, 5.74) is 1.46. The lowest BCUT2D eigenvalue weighted by atomic mass is 10.2. The zero-order valence-corrected chi connectivity index (χ0v) is 28.2. The van der Waals surface area contributed by atoms with Crippen LogP contribution in [-0.4, -0.2) is 45.1 Å². The van der Waals surface area contributed by atoms with Crippen LogP contribution in [0.3, 0.4) is 0 Å². The van der Waals surface area contributed by atoms with E-state index >= 15 is 0 Å². The van der Waals surface area contributed by atoms with Crippen LogP contribution in [0.25, 0.3) is 34.2 Å². The Morgan fingerprint density at radius 1 is 0.604 bits per heavy atom. The quantitative estimate of drug-likeness (QED) is 0.112. The highest BCUT2D eigenvalue weighted by Gasteiger charge is 2.34. The lowest BCUT2D eigenvalue weighted by Crippen LogP contribution is -2.42. The molecule has 0 bridgehead atoms. The number of nitrogens with zero attached hydrogens (tertiary/aromatic N) is 6. The molecule has 48 heavy (non-hydrogen) atoms. The van der Waals surface area contributed by atoms with Crippen LogP contribution >= 0.6 is 0 Å². The van der Waals surface area contributed by atoms with E-state index in [0.717, 1.165) is 86.7 Å². The number of alkyl halides is 6. The molecule has 0 spiro atoms. The van der Waals surface area contributed by atoms with Gasteiger partial charge in [0.15, 0.2) is 22.1 Å². The van der Waals surface area contributed by atoms with Crippen LogP contribution in [0, 0.1) is 0 Å². The van der Waals surface area contributed by atoms with Gasteiger partial charge in [0.1, 0.15) is 0 Å². The zero-order chi connectivity index (χ0) is 34.6. The lowest BCUT2D eigenvalue weighted by Gasteiger charge is -2.33. The van der Waals surface area contributed by atoms with Crippen LogP contribution < -0.4 is 9.13 Å². The summed E-state index contributed by atoms with van der Waals surface area (Å²) in [5.74, 6) is 1.75. The maximum atomic E-state index is 13.6. The maximum absolute atomic E-state index is 13.6. The largest absolute Gasteiger partial charge is 0.416 e. The van der Waals surface area contributed by atoms with E-state index in [2.05, 4.69) is 32.8 Å². The van der Waals surface area contributed by atoms with E-state index in [4.69, 9.17) is 0 Å². The van der Waals surface area contributed by atoms with E-state index in [9.17, 15) is 26.3 Å². The van der Waals surface area contributed by atoms with Gasteiger partial charge in [-0.05, 0) is 51.0 Å². The van der Waals surface area contributed by atoms with Crippen LogP contribution in [0.15, 0.2) is 48.8 Å². The van der Waals surface area contributed by atoms with Crippen molar-refractivity contribution in [1.29, 1.82) is 0 Å². The topological polar surface area (TPSA) is 24.1 Å². The van der Waals surface area contributed by atoms with Gasteiger partial charge in [0, 0.05) is 62.9 Å². The van der Waals surface area contributed by atoms with E-state index in [0.29, 0.717) is 37.2 Å². The molecule has 3 heterocycles. The first-order valence-corrected chi connectivity index (χ1v) is 17.0. The van der Waals surface area contributed by atoms with Crippen LogP contribution in [0.1, 0.15) is 76.2 Å². The Morgan fingerprint density at radius 2 is 0.979 bits per heavy atom. The van der Waals surface area contributed by atoms with E-state index in [-0.39, 0.29) is 0 Å². The number of hydrogen-bond acceptors (Lipinski definition) is 2. The van der Waals surface area contributed by atoms with Crippen molar-refractivity contribution in [3.05, 3.63) is 71.6 Å². The maximum Gasteiger partial charge on any atom is 0.416 e. The Bertz CT molecular complexity index is 1640. The Balaban J connectivity index is 1.36. The molecule has 260 valence electrons. The standard InChI is InChI=1S/C36H46F6N6/c1-5-9-17-47-31-25-27(35(37,38)39)11-13-29(31)45(7-3)33(47)15-19-43-21-23-44(24-22-43)20-16-34-46(8-4)30-14-12-28(36(40,41)42)26-32(30)48(34)18-10-6-2/h11-16,19-20,25-26H,5-10,17-18,21-24H2,1-4H3/q+2. The molecule has 0 saturated carbocycles. The minimum absolute atomic E-state index is 0.588. The SMILES string of the molecule is CCCC[n+]1c(/C=C/N2CCN(/C=C/c3n(CC)c4ccc(C(F)(F)F)cc4[n+]3CCCC)CC2)n(CC)c2ccc(C(F)(F)F)cc21. The second-order valence-corrected chi connectivity index (χ2v) is 12.3. The molecule has 1 fully saturated rings. The number of piperazine rings is 1. The van der Waals surface area contributed by atoms with Gasteiger partial charge in [-0.2, -0.15) is 26.3 Å². The van der Waals surface area contributed by atoms with Crippen molar-refractivity contribution >= 4 is 34.2 Å². The van der Waals surface area contributed by atoms with Gasteiger partial charge < -0.3 is 9.80 Å². The van der Waals surface area contributed by atoms with Crippen molar-refractivity contribution in [1.82, 2.24) is 18.9 Å². The van der Waals surface area contributed by atoms with E-state index in [1.165, 1.54) is 12.1 Å². The van der Waals surface area contributed by atoms with Crippen molar-refractivity contribution in [2.45, 2.75) is 91.9 Å². The van der Waals surface area contributed by atoms with Gasteiger partial charge in [-0.1, -0.05) is 26.7 Å². The van der Waals surface area contributed by atoms with E-state index in [1.807, 2.05) is 47.5 Å². The Morgan fingerprint density at radius 3 is 1.29 bits per heavy atom. The van der Waals surface area contributed by atoms with E-state index < -0.39 is 23.5 Å². The molecule has 0 amide bonds. The molecule has 12 heteroatoms. The van der Waals surface area contributed by atoms with Crippen molar-refractivity contribution in [3.8, 4) is 0 Å². The summed E-state index contributed by atoms with van der Waals surface area (Å²) in [6.45, 7) is 13.7. The van der Waals surface area contributed by atoms with E-state index in [1.54, 1.807) is 12.1 Å². The number of aromatic nitrogens is 4. The molecular formula is C36H46F6N6+2. The number of fused-ring (bicyclic) bond motifs is 2. The number of benzene rings is 2. The van der Waals surface area contributed by atoms with Crippen molar-refractivity contribution in [2.24, 2.45) is 0 Å². The molecule has 0 atom stereocenters. The average molecular weight is 677 g/mol. The molecule has 1 aliphatic heterocycles. The summed E-state index contributed by atoms with van der Waals surface area (Å²) in [4.78, 5) is 4.44. The summed E-state index contributed by atoms with van der Waals surface area (Å²) in [5, 5.41) is 0. The van der Waals surface area contributed by atoms with Crippen LogP contribution in [0.5, 0.6) is 0 Å². The molecule has 6 nitrogen and oxygen atoms in total. The minimum Gasteiger partial charge on any atom is -0.374 e. The van der Waals surface area contributed by atoms with Gasteiger partial charge in [0.2, 0.25) is 0 Å². The molecule has 2 aromatic heterocycles. The highest BCUT2D eigenvalue weighted by molar-refractivity contribution is 5.76. The highest BCUT2D eigenvalue weighted by Crippen LogP contribution is 2.33. The van der Waals surface area contributed by atoms with Gasteiger partial charge >= 0.3 is 12.4 Å². The normalized spacial score (nSPS) is 15.0. The number of rotatable bonds is 12. The summed E-state index contributed by atoms with van der Waals surface area (Å²) >= 11 is 0. The molecule has 1 saturated heterocycles. The second kappa shape index (κ2) is 14.7. The van der Waals surface area contributed by atoms with Gasteiger partial charge in [0.05, 0.1) is 37.3 Å². The summed E-state index contributed by atoms with van der Waals surface area (Å²) in [6, 6.07) is 7.99. The zero-order valence-electron chi connectivity index (χ0n) is 28.2. The average Bonchev–Trinajstić information content (AvgIpc) is 3.53. The van der Waals surface area contributed by atoms with Crippen LogP contribution in [0.2, 0.25) is 0 Å². The predicted molar refractivity (Wildman–Crippen MR) is 177 cm³/mol. The fourth-order valence-corrected chi connectivity index (χ4v) is 6.58. The van der Waals surface area contributed by atoms with Crippen molar-refractivity contribution in [3.63, 3.8) is 0 Å². The Labute approximate surface area is 278 Å². The fraction of sp³-hybridized carbons (Fsp3) is 0.500. The molecule has 4 aromatic rings. The molecular weight excluding hydrogens is 630 g/mol. The highest BCUT2D eigenvalue weighted by atomic mass is 19.4. The first-order valence-electron chi connectivity index (χ1n) is 17.0.